The van der Waals surface area contributed by atoms with Gasteiger partial charge in [0, 0.05) is 8.31 Å². The van der Waals surface area contributed by atoms with Crippen molar-refractivity contribution in [2.75, 3.05) is 0 Å². The third kappa shape index (κ3) is 5.10. The minimum absolute atomic E-state index is 0.000000000000000222. The fraction of sp³-hybridized carbons (Fsp3) is 0.143. The van der Waals surface area contributed by atoms with Gasteiger partial charge in [-0.25, -0.2) is 0 Å². The second-order valence-electron chi connectivity index (χ2n) is 4.46. The summed E-state index contributed by atoms with van der Waals surface area (Å²) in [6, 6.07) is 20.8. The average molecular weight is 244 g/mol. The van der Waals surface area contributed by atoms with Gasteiger partial charge in [-0.05, 0) is 20.9 Å². The van der Waals surface area contributed by atoms with Gasteiger partial charge in [-0.3, -0.25) is 0 Å². The molecule has 0 fully saturated rings. The van der Waals surface area contributed by atoms with E-state index in [0.29, 0.717) is 0 Å². The van der Waals surface area contributed by atoms with Gasteiger partial charge in [0.05, 0.1) is 0 Å². The van der Waals surface area contributed by atoms with Crippen LogP contribution >= 0.6 is 0 Å². The first-order chi connectivity index (χ1) is 7.70. The highest BCUT2D eigenvalue weighted by Crippen LogP contribution is 2.17. The number of rotatable bonds is 1. The second kappa shape index (κ2) is 7.20. The lowest BCUT2D eigenvalue weighted by atomic mass is 10.1. The summed E-state index contributed by atoms with van der Waals surface area (Å²) in [5.74, 6) is 0. The van der Waals surface area contributed by atoms with Gasteiger partial charge in [0.15, 0.2) is 0 Å². The summed E-state index contributed by atoms with van der Waals surface area (Å²) < 4.78 is 0. The smallest absolute Gasteiger partial charge is 0.0141 e. The van der Waals surface area contributed by atoms with Gasteiger partial charge < -0.3 is 0 Å². The van der Waals surface area contributed by atoms with E-state index < -0.39 is 0 Å². The lowest BCUT2D eigenvalue weighted by Crippen LogP contribution is -1.94. The maximum atomic E-state index is 2.37. The van der Waals surface area contributed by atoms with Crippen LogP contribution < -0.4 is 0 Å². The largest absolute Gasteiger partial charge is 0.0748 e. The summed E-state index contributed by atoms with van der Waals surface area (Å²) in [6.07, 6.45) is 0. The summed E-state index contributed by atoms with van der Waals surface area (Å²) in [5, 5.41) is 0. The Balaban J connectivity index is 0.000000280. The Labute approximate surface area is 103 Å². The zero-order valence-electron chi connectivity index (χ0n) is 10.4. The van der Waals surface area contributed by atoms with E-state index in [1.165, 1.54) is 20.9 Å². The molecule has 0 aliphatic carbocycles. The lowest BCUT2D eigenvalue weighted by Gasteiger charge is -1.98. The molecule has 2 aromatic carbocycles. The Hall–Kier alpha value is -1.13. The summed E-state index contributed by atoms with van der Waals surface area (Å²) in [6.45, 7) is 4.73. The molecule has 0 saturated heterocycles. The van der Waals surface area contributed by atoms with Crippen molar-refractivity contribution in [1.82, 2.24) is 0 Å². The van der Waals surface area contributed by atoms with Crippen LogP contribution in [-0.4, -0.2) is 18.1 Å². The molecule has 0 nitrogen and oxygen atoms in total. The molecule has 0 amide bonds. The third-order valence-corrected chi connectivity index (χ3v) is 1.88. The molecular formula is C14H20Si2. The second-order valence-corrected chi connectivity index (χ2v) is 14.9. The van der Waals surface area contributed by atoms with Crippen LogP contribution in [0.5, 0.6) is 0 Å². The van der Waals surface area contributed by atoms with E-state index in [-0.39, 0.29) is 8.31 Å². The first-order valence-corrected chi connectivity index (χ1v) is 12.7. The van der Waals surface area contributed by atoms with Crippen molar-refractivity contribution < 1.29 is 0 Å². The Morgan fingerprint density at radius 3 is 1.19 bits per heavy atom. The summed E-state index contributed by atoms with van der Waals surface area (Å²) in [5.41, 5.74) is 2.55. The molecule has 16 heavy (non-hydrogen) atoms. The quantitative estimate of drug-likeness (QED) is 0.677. The van der Waals surface area contributed by atoms with Gasteiger partial charge in [-0.2, -0.15) is 0 Å². The molecule has 84 valence electrons. The van der Waals surface area contributed by atoms with Crippen LogP contribution in [0.25, 0.3) is 11.1 Å². The molecule has 0 radical (unpaired) electrons. The SMILES string of the molecule is C[SiH](C)[SiH3].c1ccc(-c2ccccc2)cc1. The molecule has 0 saturated carbocycles. The maximum Gasteiger partial charge on any atom is 0.0141 e. The van der Waals surface area contributed by atoms with E-state index in [0.717, 1.165) is 0 Å². The minimum atomic E-state index is -0.000000000000000222. The standard InChI is InChI=1S/C12H10.C2H10Si2/c1-3-7-11(8-4-1)12-9-5-2-6-10-12;1-4(2)3/h1-10H;4H,1-3H3. The minimum Gasteiger partial charge on any atom is -0.0748 e. The van der Waals surface area contributed by atoms with Crippen molar-refractivity contribution in [3.63, 3.8) is 0 Å². The van der Waals surface area contributed by atoms with Crippen LogP contribution in [0, 0.1) is 0 Å². The Morgan fingerprint density at radius 2 is 0.938 bits per heavy atom. The van der Waals surface area contributed by atoms with Crippen molar-refractivity contribution >= 4 is 18.1 Å². The van der Waals surface area contributed by atoms with E-state index in [9.17, 15) is 0 Å². The number of benzene rings is 2. The van der Waals surface area contributed by atoms with Crippen LogP contribution in [0.3, 0.4) is 0 Å². The van der Waals surface area contributed by atoms with E-state index in [4.69, 9.17) is 0 Å². The number of hydrogen-bond donors (Lipinski definition) is 0. The molecule has 0 unspecified atom stereocenters. The fourth-order valence-corrected chi connectivity index (χ4v) is 1.26. The van der Waals surface area contributed by atoms with Crippen molar-refractivity contribution in [2.45, 2.75) is 13.1 Å². The molecule has 0 heterocycles. The highest BCUT2D eigenvalue weighted by atomic mass is 29.1. The predicted octanol–water partition coefficient (Wildman–Crippen LogP) is 2.69. The van der Waals surface area contributed by atoms with Gasteiger partial charge in [0.25, 0.3) is 0 Å². The summed E-state index contributed by atoms with van der Waals surface area (Å²) in [4.78, 5) is 0. The molecule has 0 aliphatic rings. The first-order valence-electron chi connectivity index (χ1n) is 5.80. The van der Waals surface area contributed by atoms with Crippen LogP contribution in [0.15, 0.2) is 60.7 Å². The van der Waals surface area contributed by atoms with Crippen molar-refractivity contribution in [2.24, 2.45) is 0 Å². The zero-order valence-corrected chi connectivity index (χ0v) is 13.5. The highest BCUT2D eigenvalue weighted by molar-refractivity contribution is 7.01. The average Bonchev–Trinajstić information content (AvgIpc) is 2.31. The van der Waals surface area contributed by atoms with Crippen LogP contribution in [0.4, 0.5) is 0 Å². The van der Waals surface area contributed by atoms with Gasteiger partial charge in [0.2, 0.25) is 0 Å². The van der Waals surface area contributed by atoms with Gasteiger partial charge in [-0.15, -0.1) is 0 Å². The van der Waals surface area contributed by atoms with E-state index in [1.54, 1.807) is 0 Å². The van der Waals surface area contributed by atoms with Crippen LogP contribution in [0.1, 0.15) is 0 Å². The Kier molecular flexibility index (Phi) is 5.82. The fourth-order valence-electron chi connectivity index (χ4n) is 1.26. The molecule has 0 spiro atoms. The van der Waals surface area contributed by atoms with E-state index in [1.807, 2.05) is 12.1 Å². The van der Waals surface area contributed by atoms with Crippen LogP contribution in [0.2, 0.25) is 13.1 Å². The molecule has 0 aromatic heterocycles. The third-order valence-electron chi connectivity index (χ3n) is 1.88. The van der Waals surface area contributed by atoms with E-state index in [2.05, 4.69) is 61.6 Å². The van der Waals surface area contributed by atoms with Gasteiger partial charge in [0.1, 0.15) is 0 Å². The van der Waals surface area contributed by atoms with Crippen molar-refractivity contribution in [3.05, 3.63) is 60.7 Å². The van der Waals surface area contributed by atoms with Crippen molar-refractivity contribution in [1.29, 1.82) is 0 Å². The molecule has 2 heteroatoms. The monoisotopic (exact) mass is 244 g/mol. The maximum absolute atomic E-state index is 2.37. The molecule has 0 aliphatic heterocycles. The Morgan fingerprint density at radius 1 is 0.688 bits per heavy atom. The molecule has 2 aromatic rings. The normalized spacial score (nSPS) is 9.69. The van der Waals surface area contributed by atoms with E-state index >= 15 is 0 Å². The van der Waals surface area contributed by atoms with Gasteiger partial charge >= 0.3 is 0 Å². The number of hydrogen-bond acceptors (Lipinski definition) is 0. The van der Waals surface area contributed by atoms with Crippen LogP contribution in [-0.2, 0) is 0 Å². The zero-order chi connectivity index (χ0) is 11.8. The van der Waals surface area contributed by atoms with Crippen molar-refractivity contribution in [3.8, 4) is 11.1 Å². The lowest BCUT2D eigenvalue weighted by molar-refractivity contribution is 1.62. The summed E-state index contributed by atoms with van der Waals surface area (Å²) >= 11 is 0. The van der Waals surface area contributed by atoms with Gasteiger partial charge in [-0.1, -0.05) is 73.8 Å². The molecular weight excluding hydrogens is 224 g/mol. The Bertz CT molecular complexity index is 342. The predicted molar refractivity (Wildman–Crippen MR) is 80.7 cm³/mol. The molecule has 0 N–H and O–H groups in total. The molecule has 0 atom stereocenters. The summed E-state index contributed by atoms with van der Waals surface area (Å²) in [7, 11) is 1.49. The molecule has 2 rings (SSSR count). The topological polar surface area (TPSA) is 0 Å². The molecule has 0 bridgehead atoms. The highest BCUT2D eigenvalue weighted by Gasteiger charge is 1.91. The first kappa shape index (κ1) is 12.9.